The van der Waals surface area contributed by atoms with E-state index in [0.29, 0.717) is 171 Å². The molecule has 32 heteroatoms. The summed E-state index contributed by atoms with van der Waals surface area (Å²) < 4.78 is 70.3. The quantitative estimate of drug-likeness (QED) is 0.0364. The van der Waals surface area contributed by atoms with E-state index in [1.165, 1.54) is 11.3 Å². The third-order valence-electron chi connectivity index (χ3n) is 18.5. The van der Waals surface area contributed by atoms with E-state index in [2.05, 4.69) is 80.3 Å². The van der Waals surface area contributed by atoms with Crippen molar-refractivity contribution in [2.24, 2.45) is 0 Å². The molecule has 0 spiro atoms. The zero-order valence-electron chi connectivity index (χ0n) is 75.3. The highest BCUT2D eigenvalue weighted by atomic mass is 35.5. The van der Waals surface area contributed by atoms with Gasteiger partial charge in [-0.3, -0.25) is 0 Å². The minimum Gasteiger partial charge on any atom is -0.495 e. The Morgan fingerprint density at radius 3 is 1.36 bits per heavy atom. The van der Waals surface area contributed by atoms with Crippen molar-refractivity contribution >= 4 is 141 Å². The first-order valence-electron chi connectivity index (χ1n) is 42.5. The van der Waals surface area contributed by atoms with Gasteiger partial charge in [0.05, 0.1) is 122 Å². The molecule has 5 aromatic carbocycles. The van der Waals surface area contributed by atoms with Gasteiger partial charge in [0, 0.05) is 104 Å². The maximum Gasteiger partial charge on any atom is 0.295 e. The SMILES string of the molecule is CCCOc1ccc2c(OC(C)C)cc(-c3coc(NC4CC4)n3)nc2c1Cl.CCCOc1ccc2c(OC(C)C)cc(-c3nc(C)cs3)nc2c1Cl.CCCOc1ccc2c(OC(C)C)cc(-n3ccc(NC(C)C)n3)nc2c1.COc1ccc2c(OC(C)C)cc(-c3cccc(N)n3)nc2c1Cl.COc1nc(-c2cc(OC(C)C)c3ccc(OC)c(Cl)c3n2)cs1. The molecule has 0 radical (unpaired) electrons. The van der Waals surface area contributed by atoms with Gasteiger partial charge in [0.2, 0.25) is 0 Å². The van der Waals surface area contributed by atoms with Crippen molar-refractivity contribution in [3.05, 3.63) is 170 Å². The number of hydrogen-bond donors (Lipinski definition) is 3. The average molecular weight is 1860 g/mol. The van der Waals surface area contributed by atoms with E-state index in [9.17, 15) is 0 Å². The lowest BCUT2D eigenvalue weighted by molar-refractivity contribution is 0.245. The Labute approximate surface area is 773 Å². The van der Waals surface area contributed by atoms with Crippen LogP contribution in [-0.4, -0.2) is 138 Å². The van der Waals surface area contributed by atoms with Gasteiger partial charge >= 0.3 is 0 Å². The molecule has 1 aliphatic carbocycles. The third kappa shape index (κ3) is 24.6. The van der Waals surface area contributed by atoms with E-state index < -0.39 is 0 Å². The number of anilines is 3. The second kappa shape index (κ2) is 44.4. The molecule has 4 N–H and O–H groups in total. The zero-order chi connectivity index (χ0) is 91.6. The van der Waals surface area contributed by atoms with Gasteiger partial charge < -0.3 is 72.9 Å². The number of nitrogens with one attached hydrogen (secondary N) is 2. The molecule has 128 heavy (non-hydrogen) atoms. The van der Waals surface area contributed by atoms with Gasteiger partial charge in [-0.05, 0) is 195 Å². The standard InChI is InChI=1S/C21H24ClN3O3.C21H28N4O2.C19H21ClN2O2S.C18H18ClN3O2.C17H17ClN2O3S/c1-4-9-26-17-8-7-14-18(28-12(2)3)10-15(24-20(14)19(17)22)16-11-27-21(25-16)23-13-5-6-13;1-6-11-26-16-7-8-17-18(12-16)23-21(13-19(17)27-15(4)5)25-10-9-20(24-25)22-14(2)3;1-5-8-23-15-7-6-13-16(24-11(2)3)9-14(22-18(13)17(15)20)19-21-12(4)10-25-19;1-10(2)24-15-9-13(12-5-4-6-16(20)21-12)22-18-11(15)7-8-14(23-3)17(18)19;1-9(2)23-14-7-11(12-8-24-17(20-12)22-4)19-16-10(14)5-6-13(21-3)15(16)18/h7-8,10-13H,4-6,9H2,1-3H3,(H,23,25);7-10,12-15H,6,11H2,1-5H3,(H,22,24);6-7,9-11H,5,8H2,1-4H3;4-10H,1-3H3,(H2,20,21);5-9H,1-4H3. The predicted octanol–water partition coefficient (Wildman–Crippen LogP) is 25.6. The van der Waals surface area contributed by atoms with Crippen molar-refractivity contribution in [1.82, 2.24) is 54.6 Å². The number of aromatic nitrogens is 11. The number of aryl methyl sites for hydroxylation is 1. The molecule has 1 saturated carbocycles. The number of methoxy groups -OCH3 is 3. The second-order valence-corrected chi connectivity index (χ2v) is 34.6. The minimum atomic E-state index is 0.0117. The number of nitrogens with two attached hydrogens (primary N) is 1. The van der Waals surface area contributed by atoms with Crippen LogP contribution in [0.1, 0.15) is 142 Å². The number of thiazole rings is 2. The number of benzene rings is 5. The van der Waals surface area contributed by atoms with E-state index in [0.717, 1.165) is 104 Å². The van der Waals surface area contributed by atoms with E-state index in [4.69, 9.17) is 124 Å². The van der Waals surface area contributed by atoms with Gasteiger partial charge in [-0.25, -0.2) is 44.6 Å². The van der Waals surface area contributed by atoms with Crippen molar-refractivity contribution in [3.8, 4) is 113 Å². The van der Waals surface area contributed by atoms with Crippen molar-refractivity contribution in [2.75, 3.05) is 57.5 Å². The first-order chi connectivity index (χ1) is 61.5. The van der Waals surface area contributed by atoms with Crippen LogP contribution in [0.4, 0.5) is 17.7 Å². The summed E-state index contributed by atoms with van der Waals surface area (Å²) in [5.41, 5.74) is 14.8. The Morgan fingerprint density at radius 2 is 0.906 bits per heavy atom. The summed E-state index contributed by atoms with van der Waals surface area (Å²) in [6, 6.07) is 39.1. The van der Waals surface area contributed by atoms with Crippen LogP contribution in [0, 0.1) is 6.92 Å². The molecule has 0 unspecified atom stereocenters. The number of hydrogen-bond acceptors (Lipinski definition) is 27. The largest absolute Gasteiger partial charge is 0.495 e. The summed E-state index contributed by atoms with van der Waals surface area (Å²) in [5.74, 6) is 8.82. The lowest BCUT2D eigenvalue weighted by Gasteiger charge is -2.15. The molecule has 10 heterocycles. The molecule has 15 aromatic rings. The molecule has 0 bridgehead atoms. The number of nitrogen functional groups attached to an aromatic ring is 1. The number of fused-ring (bicyclic) bond motifs is 5. The summed E-state index contributed by atoms with van der Waals surface area (Å²) in [6.07, 6.45) is 8.74. The van der Waals surface area contributed by atoms with E-state index in [1.807, 2.05) is 202 Å². The van der Waals surface area contributed by atoms with Gasteiger partial charge in [0.25, 0.3) is 11.2 Å². The minimum absolute atomic E-state index is 0.0117. The highest BCUT2D eigenvalue weighted by Gasteiger charge is 2.26. The van der Waals surface area contributed by atoms with Gasteiger partial charge in [0.1, 0.15) is 118 Å². The Kier molecular flexibility index (Phi) is 33.1. The fourth-order valence-corrected chi connectivity index (χ4v) is 15.3. The molecule has 1 fully saturated rings. The van der Waals surface area contributed by atoms with Gasteiger partial charge in [-0.15, -0.1) is 16.4 Å². The molecule has 0 amide bonds. The smallest absolute Gasteiger partial charge is 0.295 e. The first-order valence-corrected chi connectivity index (χ1v) is 45.8. The number of pyridine rings is 6. The molecule has 1 aliphatic rings. The lowest BCUT2D eigenvalue weighted by Crippen LogP contribution is -2.11. The molecular formula is C96H108Cl4N14O12S2. The first kappa shape index (κ1) is 95.4. The molecule has 0 aliphatic heterocycles. The Bertz CT molecular complexity index is 6300. The van der Waals surface area contributed by atoms with Crippen molar-refractivity contribution in [2.45, 2.75) is 185 Å². The fourth-order valence-electron chi connectivity index (χ4n) is 12.9. The number of nitrogens with zero attached hydrogens (tertiary/aromatic N) is 11. The maximum absolute atomic E-state index is 6.63. The van der Waals surface area contributed by atoms with Crippen LogP contribution in [-0.2, 0) is 0 Å². The Morgan fingerprint density at radius 1 is 0.445 bits per heavy atom. The molecule has 0 atom stereocenters. The number of ether oxygens (including phenoxy) is 11. The number of rotatable bonds is 31. The average Bonchev–Trinajstić information content (AvgIpc) is 1.01. The molecule has 10 aromatic heterocycles. The van der Waals surface area contributed by atoms with Crippen LogP contribution in [0.2, 0.25) is 20.1 Å². The topological polar surface area (TPSA) is 299 Å². The molecular weight excluding hydrogens is 1750 g/mol. The van der Waals surface area contributed by atoms with Crippen LogP contribution in [0.5, 0.6) is 62.7 Å². The van der Waals surface area contributed by atoms with E-state index in [1.54, 1.807) is 55.7 Å². The number of oxazole rings is 1. The summed E-state index contributed by atoms with van der Waals surface area (Å²) in [7, 11) is 4.74. The summed E-state index contributed by atoms with van der Waals surface area (Å²) >= 11 is 29.1. The molecule has 674 valence electrons. The summed E-state index contributed by atoms with van der Waals surface area (Å²) in [5, 5.41) is 22.7. The molecule has 0 saturated heterocycles. The molecule has 16 rings (SSSR count). The van der Waals surface area contributed by atoms with Gasteiger partial charge in [-0.2, -0.15) is 4.98 Å². The highest BCUT2D eigenvalue weighted by Crippen LogP contribution is 2.45. The van der Waals surface area contributed by atoms with Crippen molar-refractivity contribution in [1.29, 1.82) is 0 Å². The van der Waals surface area contributed by atoms with E-state index in [-0.39, 0.29) is 30.5 Å². The van der Waals surface area contributed by atoms with Crippen LogP contribution >= 0.6 is 69.1 Å². The Hall–Kier alpha value is -11.7. The van der Waals surface area contributed by atoms with Crippen molar-refractivity contribution < 1.29 is 56.5 Å². The van der Waals surface area contributed by atoms with Crippen LogP contribution in [0.15, 0.2) is 149 Å². The predicted molar refractivity (Wildman–Crippen MR) is 517 cm³/mol. The maximum atomic E-state index is 6.63. The van der Waals surface area contributed by atoms with Gasteiger partial charge in [0.15, 0.2) is 5.82 Å². The lowest BCUT2D eigenvalue weighted by atomic mass is 10.1. The monoisotopic (exact) mass is 1850 g/mol. The van der Waals surface area contributed by atoms with Crippen LogP contribution in [0.3, 0.4) is 0 Å². The van der Waals surface area contributed by atoms with Crippen molar-refractivity contribution in [3.63, 3.8) is 0 Å². The second-order valence-electron chi connectivity index (χ2n) is 31.4. The summed E-state index contributed by atoms with van der Waals surface area (Å²) in [4.78, 5) is 41.4. The normalized spacial score (nSPS) is 11.8. The molecule has 26 nitrogen and oxygen atoms in total. The summed E-state index contributed by atoms with van der Waals surface area (Å²) in [6.45, 7) is 34.1. The fraction of sp³-hybridized carbons (Fsp3) is 0.354. The van der Waals surface area contributed by atoms with E-state index >= 15 is 0 Å². The number of halogens is 4. The zero-order valence-corrected chi connectivity index (χ0v) is 79.9. The Balaban J connectivity index is 0.000000145. The van der Waals surface area contributed by atoms with Crippen LogP contribution < -0.4 is 68.5 Å². The highest BCUT2D eigenvalue weighted by molar-refractivity contribution is 7.13. The third-order valence-corrected chi connectivity index (χ3v) is 21.7. The van der Waals surface area contributed by atoms with Gasteiger partial charge in [-0.1, -0.05) is 84.6 Å². The van der Waals surface area contributed by atoms with Crippen LogP contribution in [0.25, 0.3) is 105 Å².